The summed E-state index contributed by atoms with van der Waals surface area (Å²) in [6.07, 6.45) is 2.73. The van der Waals surface area contributed by atoms with E-state index in [0.717, 1.165) is 30.6 Å². The monoisotopic (exact) mass is 411 g/mol. The molecule has 1 aliphatic rings. The van der Waals surface area contributed by atoms with Crippen LogP contribution in [0.4, 0.5) is 0 Å². The molecule has 0 spiro atoms. The molecule has 6 heteroatoms. The molecule has 0 radical (unpaired) electrons. The molecule has 0 fully saturated rings. The van der Waals surface area contributed by atoms with Crippen molar-refractivity contribution in [2.24, 2.45) is 5.92 Å². The Morgan fingerprint density at radius 2 is 2.03 bits per heavy atom. The van der Waals surface area contributed by atoms with Crippen molar-refractivity contribution in [2.75, 3.05) is 33.3 Å². The highest BCUT2D eigenvalue weighted by molar-refractivity contribution is 5.98. The third-order valence-electron chi connectivity index (χ3n) is 5.73. The van der Waals surface area contributed by atoms with Crippen LogP contribution in [0.1, 0.15) is 37.6 Å². The van der Waals surface area contributed by atoms with Gasteiger partial charge in [-0.3, -0.25) is 4.79 Å². The number of pyridine rings is 1. The van der Waals surface area contributed by atoms with Gasteiger partial charge in [0.05, 0.1) is 12.6 Å². The fourth-order valence-electron chi connectivity index (χ4n) is 3.89. The van der Waals surface area contributed by atoms with Crippen LogP contribution < -0.4 is 4.74 Å². The molecule has 1 aromatic carbocycles. The van der Waals surface area contributed by atoms with E-state index in [0.29, 0.717) is 18.0 Å². The molecule has 0 saturated carbocycles. The second-order valence-electron chi connectivity index (χ2n) is 8.33. The van der Waals surface area contributed by atoms with Gasteiger partial charge in [0.1, 0.15) is 11.7 Å². The summed E-state index contributed by atoms with van der Waals surface area (Å²) in [6.45, 7) is 8.31. The molecular formula is C24H33N3O3. The maximum Gasteiger partial charge on any atom is 0.259 e. The minimum Gasteiger partial charge on any atom is -0.472 e. The lowest BCUT2D eigenvalue weighted by molar-refractivity contribution is 0.0331. The predicted molar refractivity (Wildman–Crippen MR) is 119 cm³/mol. The molecule has 2 heterocycles. The highest BCUT2D eigenvalue weighted by Gasteiger charge is 2.34. The van der Waals surface area contributed by atoms with Crippen molar-refractivity contribution in [3.8, 4) is 17.0 Å². The topological polar surface area (TPSA) is 65.9 Å². The molecule has 3 atom stereocenters. The van der Waals surface area contributed by atoms with Gasteiger partial charge in [-0.25, -0.2) is 4.98 Å². The Kier molecular flexibility index (Phi) is 7.45. The van der Waals surface area contributed by atoms with E-state index in [1.165, 1.54) is 0 Å². The van der Waals surface area contributed by atoms with E-state index in [4.69, 9.17) is 4.74 Å². The number of nitrogens with zero attached hydrogens (tertiary/aromatic N) is 3. The Labute approximate surface area is 179 Å². The van der Waals surface area contributed by atoms with Gasteiger partial charge in [-0.1, -0.05) is 44.2 Å². The van der Waals surface area contributed by atoms with Gasteiger partial charge < -0.3 is 19.6 Å². The van der Waals surface area contributed by atoms with Gasteiger partial charge in [0, 0.05) is 30.8 Å². The zero-order valence-corrected chi connectivity index (χ0v) is 18.4. The SMILES string of the molecule is CCCN(C)C[C@@H]1Oc2ncc(-c3ccccc3)cc2C(=O)N([C@@H](C)CO)C[C@@H]1C. The molecule has 3 rings (SSSR count). The number of rotatable bonds is 7. The highest BCUT2D eigenvalue weighted by atomic mass is 16.5. The number of benzene rings is 1. The summed E-state index contributed by atoms with van der Waals surface area (Å²) in [5.41, 5.74) is 2.32. The van der Waals surface area contributed by atoms with Gasteiger partial charge in [-0.05, 0) is 38.6 Å². The molecule has 0 aliphatic carbocycles. The number of fused-ring (bicyclic) bond motifs is 1. The molecule has 6 nitrogen and oxygen atoms in total. The van der Waals surface area contributed by atoms with Gasteiger partial charge in [0.15, 0.2) is 0 Å². The molecule has 0 saturated heterocycles. The third kappa shape index (κ3) is 4.99. The van der Waals surface area contributed by atoms with E-state index in [-0.39, 0.29) is 30.6 Å². The van der Waals surface area contributed by atoms with Crippen LogP contribution >= 0.6 is 0 Å². The van der Waals surface area contributed by atoms with Crippen LogP contribution in [0.25, 0.3) is 11.1 Å². The van der Waals surface area contributed by atoms with Crippen molar-refractivity contribution in [1.29, 1.82) is 0 Å². The van der Waals surface area contributed by atoms with Crippen molar-refractivity contribution in [3.63, 3.8) is 0 Å². The largest absolute Gasteiger partial charge is 0.472 e. The average molecular weight is 412 g/mol. The van der Waals surface area contributed by atoms with Crippen LogP contribution in [0.3, 0.4) is 0 Å². The van der Waals surface area contributed by atoms with E-state index in [1.54, 1.807) is 11.1 Å². The normalized spacial score (nSPS) is 20.3. The van der Waals surface area contributed by atoms with Crippen molar-refractivity contribution in [3.05, 3.63) is 48.2 Å². The summed E-state index contributed by atoms with van der Waals surface area (Å²) in [4.78, 5) is 22.0. The number of aliphatic hydroxyl groups excluding tert-OH is 1. The maximum absolute atomic E-state index is 13.4. The molecule has 1 aliphatic heterocycles. The first-order chi connectivity index (χ1) is 14.4. The van der Waals surface area contributed by atoms with Gasteiger partial charge in [0.2, 0.25) is 5.88 Å². The number of hydrogen-bond donors (Lipinski definition) is 1. The molecule has 2 aromatic rings. The van der Waals surface area contributed by atoms with Gasteiger partial charge >= 0.3 is 0 Å². The zero-order chi connectivity index (χ0) is 21.7. The highest BCUT2D eigenvalue weighted by Crippen LogP contribution is 2.30. The second-order valence-corrected chi connectivity index (χ2v) is 8.33. The predicted octanol–water partition coefficient (Wildman–Crippen LogP) is 3.31. The Morgan fingerprint density at radius 3 is 2.70 bits per heavy atom. The Bertz CT molecular complexity index is 843. The number of carbonyl (C=O) groups is 1. The fourth-order valence-corrected chi connectivity index (χ4v) is 3.89. The molecule has 0 bridgehead atoms. The Balaban J connectivity index is 2.01. The molecule has 1 N–H and O–H groups in total. The lowest BCUT2D eigenvalue weighted by Crippen LogP contribution is -2.50. The summed E-state index contributed by atoms with van der Waals surface area (Å²) in [7, 11) is 2.09. The van der Waals surface area contributed by atoms with Crippen LogP contribution in [-0.2, 0) is 0 Å². The first-order valence-electron chi connectivity index (χ1n) is 10.8. The van der Waals surface area contributed by atoms with Crippen LogP contribution in [0.2, 0.25) is 0 Å². The maximum atomic E-state index is 13.4. The number of carbonyl (C=O) groups excluding carboxylic acids is 1. The molecule has 30 heavy (non-hydrogen) atoms. The molecule has 1 amide bonds. The van der Waals surface area contributed by atoms with Crippen molar-refractivity contribution in [2.45, 2.75) is 39.3 Å². The third-order valence-corrected chi connectivity index (χ3v) is 5.73. The lowest BCUT2D eigenvalue weighted by atomic mass is 9.99. The molecule has 1 aromatic heterocycles. The van der Waals surface area contributed by atoms with Crippen LogP contribution in [-0.4, -0.2) is 71.2 Å². The zero-order valence-electron chi connectivity index (χ0n) is 18.4. The minimum atomic E-state index is -0.277. The van der Waals surface area contributed by atoms with Crippen LogP contribution in [0.15, 0.2) is 42.6 Å². The van der Waals surface area contributed by atoms with Crippen molar-refractivity contribution >= 4 is 5.91 Å². The molecule has 0 unspecified atom stereocenters. The second kappa shape index (κ2) is 10.0. The number of hydrogen-bond acceptors (Lipinski definition) is 5. The van der Waals surface area contributed by atoms with Crippen LogP contribution in [0.5, 0.6) is 5.88 Å². The van der Waals surface area contributed by atoms with Crippen molar-refractivity contribution < 1.29 is 14.6 Å². The Morgan fingerprint density at radius 1 is 1.30 bits per heavy atom. The quantitative estimate of drug-likeness (QED) is 0.757. The summed E-state index contributed by atoms with van der Waals surface area (Å²) >= 11 is 0. The smallest absolute Gasteiger partial charge is 0.259 e. The molecular weight excluding hydrogens is 378 g/mol. The standard InChI is InChI=1S/C24H33N3O3/c1-5-11-26(4)15-22-17(2)14-27(18(3)16-28)24(29)21-12-20(13-25-23(21)30-22)19-9-7-6-8-10-19/h6-10,12-13,17-18,22,28H,5,11,14-16H2,1-4H3/t17-,18-,22-/m0/s1. The molecule has 162 valence electrons. The van der Waals surface area contributed by atoms with E-state index in [1.807, 2.05) is 43.3 Å². The van der Waals surface area contributed by atoms with Gasteiger partial charge in [-0.2, -0.15) is 0 Å². The van der Waals surface area contributed by atoms with E-state index in [2.05, 4.69) is 30.8 Å². The summed E-state index contributed by atoms with van der Waals surface area (Å²) in [5.74, 6) is 0.325. The average Bonchev–Trinajstić information content (AvgIpc) is 2.76. The van der Waals surface area contributed by atoms with Crippen LogP contribution in [0, 0.1) is 5.92 Å². The first-order valence-corrected chi connectivity index (χ1v) is 10.8. The number of aliphatic hydroxyl groups is 1. The van der Waals surface area contributed by atoms with Crippen molar-refractivity contribution in [1.82, 2.24) is 14.8 Å². The summed E-state index contributed by atoms with van der Waals surface area (Å²) < 4.78 is 6.33. The van der Waals surface area contributed by atoms with E-state index in [9.17, 15) is 9.90 Å². The lowest BCUT2D eigenvalue weighted by Gasteiger charge is -2.37. The number of amides is 1. The minimum absolute atomic E-state index is 0.0825. The van der Waals surface area contributed by atoms with Gasteiger partial charge in [-0.15, -0.1) is 0 Å². The number of likely N-dealkylation sites (N-methyl/N-ethyl adjacent to an activating group) is 1. The van der Waals surface area contributed by atoms with Gasteiger partial charge in [0.25, 0.3) is 5.91 Å². The fraction of sp³-hybridized carbons (Fsp3) is 0.500. The number of aromatic nitrogens is 1. The summed E-state index contributed by atoms with van der Waals surface area (Å²) in [6, 6.07) is 11.5. The number of ether oxygens (including phenoxy) is 1. The first kappa shape index (κ1) is 22.2. The van der Waals surface area contributed by atoms with E-state index < -0.39 is 0 Å². The summed E-state index contributed by atoms with van der Waals surface area (Å²) in [5, 5.41) is 9.77. The Hall–Kier alpha value is -2.44. The van der Waals surface area contributed by atoms with E-state index >= 15 is 0 Å².